The van der Waals surface area contributed by atoms with Gasteiger partial charge >= 0.3 is 0 Å². The lowest BCUT2D eigenvalue weighted by atomic mass is 10.1. The first kappa shape index (κ1) is 5.47. The first-order valence-electron chi connectivity index (χ1n) is 7.23. The van der Waals surface area contributed by atoms with Gasteiger partial charge in [-0.05, 0) is 19.2 Å². The Morgan fingerprint density at radius 3 is 2.87 bits per heavy atom. The molecule has 2 heterocycles. The average molecular weight is 221 g/mol. The predicted octanol–water partition coefficient (Wildman–Crippen LogP) is 0.534. The molecule has 2 rings (SSSR count). The molecule has 15 heavy (non-hydrogen) atoms. The number of ether oxygens (including phenoxy) is 3. The van der Waals surface area contributed by atoms with E-state index in [0.717, 1.165) is 0 Å². The normalized spacial score (nSPS) is 49.9. The van der Waals surface area contributed by atoms with Gasteiger partial charge in [0.2, 0.25) is 0 Å². The molecule has 0 spiro atoms. The Balaban J connectivity index is 2.41. The molecule has 0 aromatic carbocycles. The molecule has 0 aliphatic carbocycles. The van der Waals surface area contributed by atoms with Crippen LogP contribution in [0.25, 0.3) is 10.4 Å². The fraction of sp³-hybridized carbons (Fsp3) is 1.00. The Bertz CT molecular complexity index is 448. The maximum atomic E-state index is 9.20. The van der Waals surface area contributed by atoms with Crippen LogP contribution in [0.15, 0.2) is 5.11 Å². The Morgan fingerprint density at radius 1 is 1.53 bits per heavy atom. The Labute approximate surface area is 95.0 Å². The number of aliphatic hydroxyl groups excluding tert-OH is 1. The van der Waals surface area contributed by atoms with E-state index >= 15 is 0 Å². The van der Waals surface area contributed by atoms with E-state index in [2.05, 4.69) is 10.0 Å². The summed E-state index contributed by atoms with van der Waals surface area (Å²) < 4.78 is 60.0. The van der Waals surface area contributed by atoms with Crippen LogP contribution in [0.5, 0.6) is 0 Å². The first-order chi connectivity index (χ1) is 9.57. The van der Waals surface area contributed by atoms with Crippen LogP contribution in [0.2, 0.25) is 0 Å². The van der Waals surface area contributed by atoms with Crippen molar-refractivity contribution in [2.24, 2.45) is 5.11 Å². The quantitative estimate of drug-likeness (QED) is 0.418. The summed E-state index contributed by atoms with van der Waals surface area (Å²) in [7, 11) is 0. The van der Waals surface area contributed by atoms with E-state index in [1.165, 1.54) is 0 Å². The van der Waals surface area contributed by atoms with Crippen molar-refractivity contribution in [1.82, 2.24) is 0 Å². The molecule has 2 fully saturated rings. The van der Waals surface area contributed by atoms with Crippen LogP contribution in [-0.4, -0.2) is 42.0 Å². The number of fused-ring (bicyclic) bond motifs is 1. The third-order valence-electron chi connectivity index (χ3n) is 2.23. The van der Waals surface area contributed by atoms with Crippen molar-refractivity contribution in [3.63, 3.8) is 0 Å². The van der Waals surface area contributed by atoms with Gasteiger partial charge in [0.05, 0.1) is 6.61 Å². The summed E-state index contributed by atoms with van der Waals surface area (Å²) in [4.78, 5) is 2.52. The molecule has 7 heteroatoms. The lowest BCUT2D eigenvalue weighted by molar-refractivity contribution is -0.189. The number of nitrogens with zero attached hydrogens (tertiary/aromatic N) is 3. The standard InChI is InChI=1S/C8H13N3O4/c1-8(2)14-5-4(3-12)13-7(10-11-9)6(5)15-8/h4-7,12H,3H2,1-2H3/t4-,5-,6-,7+/m1/s1/i1D3,2D3. The van der Waals surface area contributed by atoms with Crippen LogP contribution in [0.1, 0.15) is 21.9 Å². The van der Waals surface area contributed by atoms with Gasteiger partial charge in [0, 0.05) is 13.1 Å². The second-order valence-electron chi connectivity index (χ2n) is 3.23. The van der Waals surface area contributed by atoms with Crippen LogP contribution < -0.4 is 0 Å². The zero-order valence-corrected chi connectivity index (χ0v) is 7.53. The number of hydrogen-bond acceptors (Lipinski definition) is 5. The minimum absolute atomic E-state index is 0.569. The minimum Gasteiger partial charge on any atom is -0.394 e. The molecule has 0 radical (unpaired) electrons. The summed E-state index contributed by atoms with van der Waals surface area (Å²) in [6.07, 6.45) is -4.70. The Hall–Kier alpha value is -0.850. The molecule has 0 amide bonds. The molecular weight excluding hydrogens is 202 g/mol. The van der Waals surface area contributed by atoms with Crippen LogP contribution in [0, 0.1) is 0 Å². The van der Waals surface area contributed by atoms with Gasteiger partial charge in [0.1, 0.15) is 18.3 Å². The summed E-state index contributed by atoms with van der Waals surface area (Å²) in [6, 6.07) is 0. The second-order valence-corrected chi connectivity index (χ2v) is 3.23. The number of azide groups is 1. The van der Waals surface area contributed by atoms with E-state index in [-0.39, 0.29) is 0 Å². The number of hydrogen-bond donors (Lipinski definition) is 1. The third-order valence-corrected chi connectivity index (χ3v) is 2.23. The highest BCUT2D eigenvalue weighted by molar-refractivity contribution is 4.96. The monoisotopic (exact) mass is 221 g/mol. The number of rotatable bonds is 2. The largest absolute Gasteiger partial charge is 0.394 e. The van der Waals surface area contributed by atoms with Gasteiger partial charge in [-0.1, -0.05) is 5.11 Å². The first-order valence-corrected chi connectivity index (χ1v) is 4.23. The fourth-order valence-corrected chi connectivity index (χ4v) is 1.68. The number of aliphatic hydroxyl groups is 1. The Kier molecular flexibility index (Phi) is 1.32. The molecule has 0 aromatic heterocycles. The van der Waals surface area contributed by atoms with Crippen LogP contribution >= 0.6 is 0 Å². The minimum atomic E-state index is -3.11. The summed E-state index contributed by atoms with van der Waals surface area (Å²) in [5, 5.41) is 12.5. The van der Waals surface area contributed by atoms with Crippen LogP contribution in [0.4, 0.5) is 0 Å². The van der Waals surface area contributed by atoms with E-state index < -0.39 is 50.6 Å². The highest BCUT2D eigenvalue weighted by Crippen LogP contribution is 2.38. The summed E-state index contributed by atoms with van der Waals surface area (Å²) in [6.45, 7) is -6.78. The van der Waals surface area contributed by atoms with Gasteiger partial charge in [0.25, 0.3) is 0 Å². The molecule has 0 unspecified atom stereocenters. The molecule has 2 aliphatic heterocycles. The van der Waals surface area contributed by atoms with E-state index in [1.807, 2.05) is 0 Å². The molecule has 0 bridgehead atoms. The molecule has 2 aliphatic rings. The zero-order valence-electron chi connectivity index (χ0n) is 13.5. The fourth-order valence-electron chi connectivity index (χ4n) is 1.68. The van der Waals surface area contributed by atoms with Crippen molar-refractivity contribution in [2.45, 2.75) is 44.0 Å². The summed E-state index contributed by atoms with van der Waals surface area (Å²) in [5.41, 5.74) is 8.45. The zero-order chi connectivity index (χ0) is 16.1. The van der Waals surface area contributed by atoms with Crippen molar-refractivity contribution in [3.05, 3.63) is 10.4 Å². The molecule has 1 N–H and O–H groups in total. The second kappa shape index (κ2) is 3.62. The van der Waals surface area contributed by atoms with Crippen molar-refractivity contribution in [2.75, 3.05) is 6.61 Å². The van der Waals surface area contributed by atoms with Crippen LogP contribution in [0.3, 0.4) is 0 Å². The summed E-state index contributed by atoms with van der Waals surface area (Å²) in [5.74, 6) is -2.85. The maximum absolute atomic E-state index is 9.20. The third kappa shape index (κ3) is 1.80. The maximum Gasteiger partial charge on any atom is 0.165 e. The highest BCUT2D eigenvalue weighted by atomic mass is 16.8. The molecule has 7 nitrogen and oxygen atoms in total. The van der Waals surface area contributed by atoms with Crippen molar-refractivity contribution >= 4 is 0 Å². The molecule has 0 saturated carbocycles. The van der Waals surface area contributed by atoms with E-state index in [9.17, 15) is 5.11 Å². The van der Waals surface area contributed by atoms with Gasteiger partial charge in [0.15, 0.2) is 12.0 Å². The summed E-state index contributed by atoms with van der Waals surface area (Å²) >= 11 is 0. The van der Waals surface area contributed by atoms with Gasteiger partial charge in [-0.15, -0.1) is 0 Å². The molecule has 84 valence electrons. The van der Waals surface area contributed by atoms with E-state index in [0.29, 0.717) is 0 Å². The average Bonchev–Trinajstić information content (AvgIpc) is 2.86. The van der Waals surface area contributed by atoms with Gasteiger partial charge < -0.3 is 19.3 Å². The smallest absolute Gasteiger partial charge is 0.165 e. The lowest BCUT2D eigenvalue weighted by Crippen LogP contribution is -2.31. The predicted molar refractivity (Wildman–Crippen MR) is 48.7 cm³/mol. The van der Waals surface area contributed by atoms with E-state index in [1.54, 1.807) is 0 Å². The molecule has 2 saturated heterocycles. The van der Waals surface area contributed by atoms with Gasteiger partial charge in [-0.3, -0.25) is 0 Å². The SMILES string of the molecule is [2H]C([2H])([2H])C1(C([2H])([2H])[2H])O[C@@H]2[C@H](O1)[C@@H](CO)O[C@@H]2N=[N+]=[N-]. The van der Waals surface area contributed by atoms with E-state index in [4.69, 9.17) is 28.0 Å². The Morgan fingerprint density at radius 2 is 2.27 bits per heavy atom. The van der Waals surface area contributed by atoms with Crippen LogP contribution in [-0.2, 0) is 14.2 Å². The highest BCUT2D eigenvalue weighted by Gasteiger charge is 2.54. The van der Waals surface area contributed by atoms with Crippen molar-refractivity contribution in [3.8, 4) is 0 Å². The molecule has 4 atom stereocenters. The van der Waals surface area contributed by atoms with Crippen molar-refractivity contribution < 1.29 is 27.5 Å². The van der Waals surface area contributed by atoms with Gasteiger partial charge in [-0.25, -0.2) is 0 Å². The lowest BCUT2D eigenvalue weighted by Gasteiger charge is -2.21. The van der Waals surface area contributed by atoms with Gasteiger partial charge in [-0.2, -0.15) is 0 Å². The van der Waals surface area contributed by atoms with Crippen molar-refractivity contribution in [1.29, 1.82) is 0 Å². The molecule has 0 aromatic rings. The molecular formula is C8H13N3O4. The topological polar surface area (TPSA) is 96.7 Å².